The molecule has 6 rings (SSSR count). The molecule has 2 aromatic carbocycles. The Morgan fingerprint density at radius 2 is 1.82 bits per heavy atom. The number of esters is 1. The van der Waals surface area contributed by atoms with Crippen molar-refractivity contribution in [1.82, 2.24) is 0 Å². The Labute approximate surface area is 186 Å². The fourth-order valence-electron chi connectivity index (χ4n) is 4.37. The summed E-state index contributed by atoms with van der Waals surface area (Å²) in [5, 5.41) is 0.411. The molecule has 0 amide bonds. The van der Waals surface area contributed by atoms with Gasteiger partial charge in [-0.2, -0.15) is 0 Å². The molecule has 0 saturated carbocycles. The van der Waals surface area contributed by atoms with Gasteiger partial charge in [0.25, 0.3) is 0 Å². The molecule has 0 saturated heterocycles. The SMILES string of the molecule is Cc1ccc(/C=C2\Oc3c(ccc4c3C(c3coc5ccccc5c3=O)CC(=O)O4)C2=O)o1. The highest BCUT2D eigenvalue weighted by atomic mass is 16.5. The van der Waals surface area contributed by atoms with E-state index in [0.717, 1.165) is 0 Å². The first kappa shape index (κ1) is 19.3. The topological polar surface area (TPSA) is 96.0 Å². The molecule has 0 aliphatic carbocycles. The second-order valence-corrected chi connectivity index (χ2v) is 7.99. The highest BCUT2D eigenvalue weighted by molar-refractivity contribution is 6.15. The van der Waals surface area contributed by atoms with E-state index < -0.39 is 11.9 Å². The van der Waals surface area contributed by atoms with Crippen molar-refractivity contribution in [1.29, 1.82) is 0 Å². The van der Waals surface area contributed by atoms with E-state index in [0.29, 0.717) is 39.2 Å². The molecule has 2 aliphatic heterocycles. The van der Waals surface area contributed by atoms with Crippen molar-refractivity contribution in [2.24, 2.45) is 0 Å². The predicted molar refractivity (Wildman–Crippen MR) is 117 cm³/mol. The molecule has 2 aliphatic rings. The van der Waals surface area contributed by atoms with E-state index >= 15 is 0 Å². The van der Waals surface area contributed by atoms with Crippen LogP contribution in [-0.2, 0) is 4.79 Å². The Balaban J connectivity index is 1.52. The van der Waals surface area contributed by atoms with Gasteiger partial charge in [-0.05, 0) is 43.3 Å². The number of hydrogen-bond acceptors (Lipinski definition) is 7. The van der Waals surface area contributed by atoms with Gasteiger partial charge >= 0.3 is 5.97 Å². The number of aryl methyl sites for hydroxylation is 1. The zero-order valence-electron chi connectivity index (χ0n) is 17.4. The van der Waals surface area contributed by atoms with E-state index in [1.165, 1.54) is 12.3 Å². The van der Waals surface area contributed by atoms with Gasteiger partial charge in [-0.15, -0.1) is 0 Å². The molecule has 7 heteroatoms. The van der Waals surface area contributed by atoms with Gasteiger partial charge in [0, 0.05) is 23.1 Å². The lowest BCUT2D eigenvalue weighted by Crippen LogP contribution is -2.25. The minimum absolute atomic E-state index is 0.0828. The molecule has 2 aromatic heterocycles. The van der Waals surface area contributed by atoms with Crippen LogP contribution in [0.15, 0.2) is 74.2 Å². The number of para-hydroxylation sites is 1. The average molecular weight is 440 g/mol. The van der Waals surface area contributed by atoms with Crippen molar-refractivity contribution < 1.29 is 27.9 Å². The molecule has 0 spiro atoms. The van der Waals surface area contributed by atoms with Crippen molar-refractivity contribution in [3.63, 3.8) is 0 Å². The van der Waals surface area contributed by atoms with Crippen LogP contribution in [0, 0.1) is 6.92 Å². The third-order valence-electron chi connectivity index (χ3n) is 5.90. The van der Waals surface area contributed by atoms with Crippen LogP contribution < -0.4 is 14.9 Å². The minimum atomic E-state index is -0.685. The van der Waals surface area contributed by atoms with E-state index in [9.17, 15) is 14.4 Å². The van der Waals surface area contributed by atoms with E-state index in [1.807, 2.05) is 0 Å². The second-order valence-electron chi connectivity index (χ2n) is 7.99. The summed E-state index contributed by atoms with van der Waals surface area (Å²) in [5.74, 6) is 0.327. The maximum absolute atomic E-state index is 13.3. The van der Waals surface area contributed by atoms with E-state index in [4.69, 9.17) is 18.3 Å². The highest BCUT2D eigenvalue weighted by Crippen LogP contribution is 2.48. The summed E-state index contributed by atoms with van der Waals surface area (Å²) in [5.41, 5.74) is 1.31. The molecule has 0 radical (unpaired) electrons. The average Bonchev–Trinajstić information content (AvgIpc) is 3.36. The van der Waals surface area contributed by atoms with Gasteiger partial charge in [0.1, 0.15) is 28.6 Å². The lowest BCUT2D eigenvalue weighted by molar-refractivity contribution is -0.135. The molecule has 0 fully saturated rings. The number of ether oxygens (including phenoxy) is 2. The number of benzene rings is 2. The molecular weight excluding hydrogens is 424 g/mol. The first-order valence-electron chi connectivity index (χ1n) is 10.4. The molecule has 0 N–H and O–H groups in total. The van der Waals surface area contributed by atoms with Gasteiger partial charge in [0.05, 0.1) is 23.6 Å². The molecule has 0 bridgehead atoms. The highest BCUT2D eigenvalue weighted by Gasteiger charge is 2.39. The smallest absolute Gasteiger partial charge is 0.312 e. The van der Waals surface area contributed by atoms with Crippen molar-refractivity contribution in [2.45, 2.75) is 19.3 Å². The number of rotatable bonds is 2. The number of ketones is 1. The molecular formula is C26H16O7. The van der Waals surface area contributed by atoms with E-state index in [2.05, 4.69) is 0 Å². The first-order valence-corrected chi connectivity index (χ1v) is 10.4. The van der Waals surface area contributed by atoms with Crippen molar-refractivity contribution in [3.05, 3.63) is 99.0 Å². The zero-order valence-corrected chi connectivity index (χ0v) is 17.4. The zero-order chi connectivity index (χ0) is 22.7. The van der Waals surface area contributed by atoms with Crippen LogP contribution in [0.1, 0.15) is 45.3 Å². The number of carbonyl (C=O) groups excluding carboxylic acids is 2. The van der Waals surface area contributed by atoms with Crippen LogP contribution >= 0.6 is 0 Å². The van der Waals surface area contributed by atoms with Gasteiger partial charge in [-0.3, -0.25) is 14.4 Å². The summed E-state index contributed by atoms with van der Waals surface area (Å²) in [6.07, 6.45) is 2.81. The minimum Gasteiger partial charge on any atom is -0.464 e. The van der Waals surface area contributed by atoms with Gasteiger partial charge < -0.3 is 18.3 Å². The Hall–Kier alpha value is -4.39. The van der Waals surface area contributed by atoms with Gasteiger partial charge in [-0.1, -0.05) is 12.1 Å². The van der Waals surface area contributed by atoms with Crippen molar-refractivity contribution >= 4 is 28.8 Å². The summed E-state index contributed by atoms with van der Waals surface area (Å²) in [6.45, 7) is 1.80. The van der Waals surface area contributed by atoms with Gasteiger partial charge in [0.2, 0.25) is 5.78 Å². The van der Waals surface area contributed by atoms with E-state index in [-0.39, 0.29) is 34.9 Å². The maximum atomic E-state index is 13.3. The molecule has 4 heterocycles. The Bertz CT molecular complexity index is 1570. The molecule has 33 heavy (non-hydrogen) atoms. The first-order chi connectivity index (χ1) is 16.0. The Morgan fingerprint density at radius 1 is 0.970 bits per heavy atom. The quantitative estimate of drug-likeness (QED) is 0.252. The Kier molecular flexibility index (Phi) is 4.13. The summed E-state index contributed by atoms with van der Waals surface area (Å²) in [4.78, 5) is 38.7. The third-order valence-corrected chi connectivity index (χ3v) is 5.90. The standard InChI is InChI=1S/C26H16O7/c1-13-6-7-14(31-13)10-21-25(29)16-8-9-20-23(26(16)33-21)17(11-22(27)32-20)18-12-30-19-5-3-2-4-15(19)24(18)28/h2-10,12,17H,11H2,1H3/b21-10-. The summed E-state index contributed by atoms with van der Waals surface area (Å²) >= 11 is 0. The van der Waals surface area contributed by atoms with Crippen LogP contribution in [0.5, 0.6) is 11.5 Å². The van der Waals surface area contributed by atoms with Crippen LogP contribution in [-0.4, -0.2) is 11.8 Å². The summed E-state index contributed by atoms with van der Waals surface area (Å²) in [6, 6.07) is 13.5. The third kappa shape index (κ3) is 3.01. The molecule has 1 atom stereocenters. The van der Waals surface area contributed by atoms with Crippen molar-refractivity contribution in [3.8, 4) is 11.5 Å². The van der Waals surface area contributed by atoms with Gasteiger partial charge in [-0.25, -0.2) is 0 Å². The normalized spacial score (nSPS) is 18.2. The lowest BCUT2D eigenvalue weighted by atomic mass is 9.85. The predicted octanol–water partition coefficient (Wildman–Crippen LogP) is 4.75. The number of carbonyl (C=O) groups is 2. The fraction of sp³-hybridized carbons (Fsp3) is 0.115. The second kappa shape index (κ2) is 7.06. The van der Waals surface area contributed by atoms with Crippen LogP contribution in [0.4, 0.5) is 0 Å². The molecule has 1 unspecified atom stereocenters. The lowest BCUT2D eigenvalue weighted by Gasteiger charge is -2.25. The summed E-state index contributed by atoms with van der Waals surface area (Å²) < 4.78 is 22.6. The van der Waals surface area contributed by atoms with E-state index in [1.54, 1.807) is 55.5 Å². The monoisotopic (exact) mass is 440 g/mol. The number of allylic oxidation sites excluding steroid dienone is 1. The van der Waals surface area contributed by atoms with Crippen molar-refractivity contribution in [2.75, 3.05) is 0 Å². The fourth-order valence-corrected chi connectivity index (χ4v) is 4.37. The number of fused-ring (bicyclic) bond motifs is 4. The number of hydrogen-bond donors (Lipinski definition) is 0. The van der Waals surface area contributed by atoms with Crippen LogP contribution in [0.25, 0.3) is 17.0 Å². The molecule has 162 valence electrons. The molecule has 7 nitrogen and oxygen atoms in total. The van der Waals surface area contributed by atoms with Crippen LogP contribution in [0.3, 0.4) is 0 Å². The van der Waals surface area contributed by atoms with Gasteiger partial charge in [0.15, 0.2) is 11.2 Å². The summed E-state index contributed by atoms with van der Waals surface area (Å²) in [7, 11) is 0. The number of furan rings is 1. The largest absolute Gasteiger partial charge is 0.464 e. The Morgan fingerprint density at radius 3 is 2.64 bits per heavy atom. The molecule has 4 aromatic rings. The number of Topliss-reactive ketones (excluding diaryl/α,β-unsaturated/α-hetero) is 1. The van der Waals surface area contributed by atoms with Crippen LogP contribution in [0.2, 0.25) is 0 Å². The maximum Gasteiger partial charge on any atom is 0.312 e.